The summed E-state index contributed by atoms with van der Waals surface area (Å²) in [6, 6.07) is 7.16. The predicted octanol–water partition coefficient (Wildman–Crippen LogP) is 3.44. The number of thiophene rings is 1. The molecule has 33 heavy (non-hydrogen) atoms. The zero-order valence-corrected chi connectivity index (χ0v) is 20.2. The number of aromatic nitrogens is 1. The van der Waals surface area contributed by atoms with Crippen molar-refractivity contribution in [1.29, 1.82) is 0 Å². The maximum absolute atomic E-state index is 13.5. The van der Waals surface area contributed by atoms with Crippen LogP contribution >= 0.6 is 22.7 Å². The standard InChI is InChI=1S/C24H25N3O4S2/c1-3-30-23(29)20-15(2)25-24-27(21(20)17-8-7-13-32-17)22(28)18(33-24)14-16-9-10-19(31-16)26-11-5-4-6-12-26/h7-10,13-14,21H,3-6,11-12H2,1-2H3/b18-14+/t21-/m1/s1. The van der Waals surface area contributed by atoms with Gasteiger partial charge in [-0.25, -0.2) is 9.79 Å². The van der Waals surface area contributed by atoms with Crippen molar-refractivity contribution < 1.29 is 13.9 Å². The van der Waals surface area contributed by atoms with E-state index in [2.05, 4.69) is 9.89 Å². The molecule has 172 valence electrons. The predicted molar refractivity (Wildman–Crippen MR) is 129 cm³/mol. The maximum atomic E-state index is 13.5. The van der Waals surface area contributed by atoms with Crippen molar-refractivity contribution in [2.24, 2.45) is 4.99 Å². The van der Waals surface area contributed by atoms with Gasteiger partial charge in [-0.3, -0.25) is 9.36 Å². The fourth-order valence-electron chi connectivity index (χ4n) is 4.34. The van der Waals surface area contributed by atoms with Crippen LogP contribution in [0.3, 0.4) is 0 Å². The molecule has 9 heteroatoms. The van der Waals surface area contributed by atoms with Crippen LogP contribution in [0.5, 0.6) is 0 Å². The molecule has 0 saturated carbocycles. The molecule has 0 unspecified atom stereocenters. The molecule has 3 aromatic heterocycles. The molecule has 0 bridgehead atoms. The number of carbonyl (C=O) groups is 1. The molecule has 0 aliphatic carbocycles. The van der Waals surface area contributed by atoms with E-state index < -0.39 is 12.0 Å². The first kappa shape index (κ1) is 21.9. The molecule has 0 radical (unpaired) electrons. The van der Waals surface area contributed by atoms with Crippen LogP contribution in [0.4, 0.5) is 5.88 Å². The minimum atomic E-state index is -0.553. The Bertz CT molecular complexity index is 1370. The van der Waals surface area contributed by atoms with Gasteiger partial charge >= 0.3 is 5.97 Å². The SMILES string of the molecule is CCOC(=O)C1=C(C)N=c2s/c(=C/c3ccc(N4CCCCC4)o3)c(=O)n2[C@@H]1c1cccs1. The Kier molecular flexibility index (Phi) is 6.07. The molecule has 2 aliphatic rings. The Morgan fingerprint density at radius 3 is 2.82 bits per heavy atom. The molecule has 2 aliphatic heterocycles. The summed E-state index contributed by atoms with van der Waals surface area (Å²) in [4.78, 5) is 34.6. The molecule has 0 N–H and O–H groups in total. The van der Waals surface area contributed by atoms with Crippen LogP contribution in [0.2, 0.25) is 0 Å². The summed E-state index contributed by atoms with van der Waals surface area (Å²) in [5.74, 6) is 1.03. The van der Waals surface area contributed by atoms with Crippen LogP contribution in [0.25, 0.3) is 6.08 Å². The number of allylic oxidation sites excluding steroid dienone is 1. The summed E-state index contributed by atoms with van der Waals surface area (Å²) >= 11 is 2.81. The molecule has 7 nitrogen and oxygen atoms in total. The average molecular weight is 484 g/mol. The third-order valence-electron chi connectivity index (χ3n) is 5.88. The number of ether oxygens (including phenoxy) is 1. The average Bonchev–Trinajstić information content (AvgIpc) is 3.56. The van der Waals surface area contributed by atoms with Gasteiger partial charge in [-0.15, -0.1) is 11.3 Å². The summed E-state index contributed by atoms with van der Waals surface area (Å²) in [7, 11) is 0. The number of carbonyl (C=O) groups excluding carboxylic acids is 1. The number of nitrogens with zero attached hydrogens (tertiary/aromatic N) is 3. The van der Waals surface area contributed by atoms with Crippen molar-refractivity contribution in [3.63, 3.8) is 0 Å². The second-order valence-corrected chi connectivity index (χ2v) is 10.0. The fraction of sp³-hybridized carbons (Fsp3) is 0.375. The van der Waals surface area contributed by atoms with Crippen LogP contribution in [0, 0.1) is 0 Å². The Morgan fingerprint density at radius 2 is 2.09 bits per heavy atom. The number of anilines is 1. The molecular weight excluding hydrogens is 458 g/mol. The van der Waals surface area contributed by atoms with E-state index in [1.165, 1.54) is 41.9 Å². The van der Waals surface area contributed by atoms with Crippen LogP contribution in [-0.4, -0.2) is 30.2 Å². The van der Waals surface area contributed by atoms with Crippen LogP contribution in [-0.2, 0) is 9.53 Å². The minimum Gasteiger partial charge on any atom is -0.463 e. The van der Waals surface area contributed by atoms with Gasteiger partial charge < -0.3 is 14.1 Å². The molecule has 0 aromatic carbocycles. The van der Waals surface area contributed by atoms with Gasteiger partial charge in [0, 0.05) is 30.1 Å². The monoisotopic (exact) mass is 483 g/mol. The van der Waals surface area contributed by atoms with Gasteiger partial charge in [-0.1, -0.05) is 17.4 Å². The molecule has 3 aromatic rings. The first-order valence-electron chi connectivity index (χ1n) is 11.1. The lowest BCUT2D eigenvalue weighted by Gasteiger charge is -2.25. The molecule has 0 amide bonds. The number of rotatable bonds is 5. The fourth-order valence-corrected chi connectivity index (χ4v) is 6.19. The van der Waals surface area contributed by atoms with Crippen LogP contribution in [0.1, 0.15) is 49.8 Å². The maximum Gasteiger partial charge on any atom is 0.338 e. The topological polar surface area (TPSA) is 77.0 Å². The van der Waals surface area contributed by atoms with Crippen molar-refractivity contribution in [2.75, 3.05) is 24.6 Å². The van der Waals surface area contributed by atoms with E-state index in [0.29, 0.717) is 26.4 Å². The van der Waals surface area contributed by atoms with E-state index in [9.17, 15) is 9.59 Å². The summed E-state index contributed by atoms with van der Waals surface area (Å²) in [6.45, 7) is 5.80. The van der Waals surface area contributed by atoms with Crippen LogP contribution < -0.4 is 19.8 Å². The normalized spacial score (nSPS) is 18.9. The third kappa shape index (κ3) is 4.11. The number of furan rings is 1. The highest BCUT2D eigenvalue weighted by atomic mass is 32.1. The quantitative estimate of drug-likeness (QED) is 0.520. The van der Waals surface area contributed by atoms with Gasteiger partial charge in [0.05, 0.1) is 22.4 Å². The highest BCUT2D eigenvalue weighted by Gasteiger charge is 2.33. The van der Waals surface area contributed by atoms with Gasteiger partial charge in [0.1, 0.15) is 11.8 Å². The van der Waals surface area contributed by atoms with Gasteiger partial charge in [0.25, 0.3) is 5.56 Å². The highest BCUT2D eigenvalue weighted by molar-refractivity contribution is 7.10. The Hall–Kier alpha value is -2.91. The second kappa shape index (κ2) is 9.15. The van der Waals surface area contributed by atoms with E-state index in [0.717, 1.165) is 23.9 Å². The summed E-state index contributed by atoms with van der Waals surface area (Å²) < 4.78 is 13.5. The summed E-state index contributed by atoms with van der Waals surface area (Å²) in [6.07, 6.45) is 5.36. The number of hydrogen-bond acceptors (Lipinski definition) is 8. The first-order chi connectivity index (χ1) is 16.1. The number of thiazole rings is 1. The lowest BCUT2D eigenvalue weighted by Crippen LogP contribution is -2.39. The van der Waals surface area contributed by atoms with Crippen molar-refractivity contribution in [2.45, 2.75) is 39.2 Å². The zero-order valence-electron chi connectivity index (χ0n) is 18.6. The van der Waals surface area contributed by atoms with Gasteiger partial charge in [0.15, 0.2) is 10.7 Å². The van der Waals surface area contributed by atoms with Gasteiger partial charge in [0.2, 0.25) is 0 Å². The van der Waals surface area contributed by atoms with Crippen molar-refractivity contribution in [3.05, 3.63) is 71.2 Å². The van der Waals surface area contributed by atoms with Crippen molar-refractivity contribution in [3.8, 4) is 0 Å². The van der Waals surface area contributed by atoms with E-state index >= 15 is 0 Å². The van der Waals surface area contributed by atoms with E-state index in [4.69, 9.17) is 9.15 Å². The number of esters is 1. The molecule has 1 fully saturated rings. The second-order valence-electron chi connectivity index (χ2n) is 8.04. The number of hydrogen-bond donors (Lipinski definition) is 0. The number of fused-ring (bicyclic) bond motifs is 1. The summed E-state index contributed by atoms with van der Waals surface area (Å²) in [5.41, 5.74) is 0.788. The Labute approximate surface area is 198 Å². The van der Waals surface area contributed by atoms with Crippen LogP contribution in [0.15, 0.2) is 55.1 Å². The first-order valence-corrected chi connectivity index (χ1v) is 12.8. The number of piperidine rings is 1. The molecule has 1 saturated heterocycles. The molecular formula is C24H25N3O4S2. The van der Waals surface area contributed by atoms with Gasteiger partial charge in [-0.2, -0.15) is 0 Å². The largest absolute Gasteiger partial charge is 0.463 e. The molecule has 0 spiro atoms. The smallest absolute Gasteiger partial charge is 0.338 e. The van der Waals surface area contributed by atoms with Crippen molar-refractivity contribution >= 4 is 40.6 Å². The molecule has 5 rings (SSSR count). The Balaban J connectivity index is 1.58. The Morgan fingerprint density at radius 1 is 1.27 bits per heavy atom. The van der Waals surface area contributed by atoms with Gasteiger partial charge in [-0.05, 0) is 50.6 Å². The van der Waals surface area contributed by atoms with E-state index in [1.807, 2.05) is 29.6 Å². The highest BCUT2D eigenvalue weighted by Crippen LogP contribution is 2.33. The third-order valence-corrected chi connectivity index (χ3v) is 7.79. The summed E-state index contributed by atoms with van der Waals surface area (Å²) in [5, 5.41) is 1.94. The lowest BCUT2D eigenvalue weighted by molar-refractivity contribution is -0.139. The lowest BCUT2D eigenvalue weighted by atomic mass is 10.0. The minimum absolute atomic E-state index is 0.192. The zero-order chi connectivity index (χ0) is 22.9. The van der Waals surface area contributed by atoms with E-state index in [1.54, 1.807) is 24.5 Å². The van der Waals surface area contributed by atoms with Crippen molar-refractivity contribution in [1.82, 2.24) is 4.57 Å². The van der Waals surface area contributed by atoms with E-state index in [-0.39, 0.29) is 12.2 Å². The molecule has 5 heterocycles. The molecule has 1 atom stereocenters.